The Kier molecular flexibility index (Phi) is 16.7. The van der Waals surface area contributed by atoms with Crippen LogP contribution >= 0.6 is 7.82 Å². The molecule has 0 heterocycles. The van der Waals surface area contributed by atoms with Crippen molar-refractivity contribution in [2.45, 2.75) is 69.1 Å². The smallest absolute Gasteiger partial charge is 0.480 e. The van der Waals surface area contributed by atoms with Gasteiger partial charge in [-0.25, -0.2) is 9.36 Å². The fraction of sp³-hybridized carbons (Fsp3) is 0.267. The summed E-state index contributed by atoms with van der Waals surface area (Å²) >= 11 is 0. The van der Waals surface area contributed by atoms with E-state index in [0.29, 0.717) is 30.5 Å². The summed E-state index contributed by atoms with van der Waals surface area (Å²) in [6.45, 7) is 0.309. The second-order valence-electron chi connectivity index (χ2n) is 14.6. The lowest BCUT2D eigenvalue weighted by molar-refractivity contribution is -0.142. The number of unbranched alkanes of at least 4 members (excludes halogenated alkanes) is 1. The second kappa shape index (κ2) is 22.3. The van der Waals surface area contributed by atoms with E-state index in [-0.39, 0.29) is 37.9 Å². The third-order valence-electron chi connectivity index (χ3n) is 9.81. The number of carboxylic acid groups (broad SMARTS) is 1. The predicted octanol–water partition coefficient (Wildman–Crippen LogP) is 3.73. The highest BCUT2D eigenvalue weighted by molar-refractivity contribution is 7.46. The maximum Gasteiger partial charge on any atom is 0.524 e. The summed E-state index contributed by atoms with van der Waals surface area (Å²) < 4.78 is 15.7. The predicted molar refractivity (Wildman–Crippen MR) is 229 cm³/mol. The number of carbonyl (C=O) groups is 5. The number of carboxylic acids is 1. The number of hydrogen-bond acceptors (Lipinski definition) is 8. The summed E-state index contributed by atoms with van der Waals surface area (Å²) in [7, 11) is -4.81. The number of aliphatic carboxylic acids is 1. The molecule has 61 heavy (non-hydrogen) atoms. The zero-order chi connectivity index (χ0) is 43.8. The molecule has 15 nitrogen and oxygen atoms in total. The van der Waals surface area contributed by atoms with Crippen molar-refractivity contribution < 1.29 is 48.0 Å². The van der Waals surface area contributed by atoms with E-state index in [2.05, 4.69) is 25.8 Å². The number of nitrogens with two attached hydrogens (primary N) is 1. The summed E-state index contributed by atoms with van der Waals surface area (Å²) in [6, 6.07) is 31.9. The van der Waals surface area contributed by atoms with Gasteiger partial charge in [0.05, 0.1) is 6.42 Å². The number of fused-ring (bicyclic) bond motifs is 1. The molecule has 0 saturated heterocycles. The van der Waals surface area contributed by atoms with Crippen molar-refractivity contribution in [2.24, 2.45) is 5.73 Å². The summed E-state index contributed by atoms with van der Waals surface area (Å²) in [5.41, 5.74) is 8.36. The lowest BCUT2D eigenvalue weighted by Crippen LogP contribution is -2.58. The van der Waals surface area contributed by atoms with Crippen LogP contribution in [-0.2, 0) is 54.2 Å². The molecule has 0 radical (unpaired) electrons. The molecule has 0 aliphatic carbocycles. The van der Waals surface area contributed by atoms with Gasteiger partial charge in [0.15, 0.2) is 0 Å². The average Bonchev–Trinajstić information content (AvgIpc) is 3.23. The Labute approximate surface area is 353 Å². The van der Waals surface area contributed by atoms with Crippen LogP contribution in [0.25, 0.3) is 10.8 Å². The monoisotopic (exact) mass is 851 g/mol. The standard InChI is InChI=1S/C45H50N5O10P/c46-24-10-9-17-37(42(52)50-40(45(55)56)28-32-19-22-36(23-20-32)60-61(57,58)59)48-44(54)39(27-31-13-5-2-6-14-31)49-43(53)38(26-30-11-3-1-4-12-30)47-41(51)29-33-18-21-34-15-7-8-16-35(34)25-33/h1-8,11-16,18-23,25,37-40H,9-10,17,24,26-29,46H2,(H,47,51)(H,48,54)(H,49,53)(H,50,52)(H,55,56)(H2,57,58,59). The van der Waals surface area contributed by atoms with Crippen molar-refractivity contribution in [1.82, 2.24) is 21.3 Å². The molecular formula is C45H50N5O10P. The Balaban J connectivity index is 1.34. The van der Waals surface area contributed by atoms with Crippen molar-refractivity contribution in [2.75, 3.05) is 6.54 Å². The van der Waals surface area contributed by atoms with Gasteiger partial charge < -0.3 is 36.6 Å². The zero-order valence-corrected chi connectivity index (χ0v) is 34.2. The zero-order valence-electron chi connectivity index (χ0n) is 33.3. The van der Waals surface area contributed by atoms with E-state index in [9.17, 15) is 33.6 Å². The maximum absolute atomic E-state index is 14.2. The number of amides is 4. The van der Waals surface area contributed by atoms with E-state index >= 15 is 0 Å². The minimum atomic E-state index is -4.81. The van der Waals surface area contributed by atoms with Crippen LogP contribution in [0.4, 0.5) is 0 Å². The molecule has 4 unspecified atom stereocenters. The van der Waals surface area contributed by atoms with E-state index in [1.54, 1.807) is 30.3 Å². The van der Waals surface area contributed by atoms with Crippen LogP contribution in [0.15, 0.2) is 127 Å². The first kappa shape index (κ1) is 45.7. The first-order chi connectivity index (χ1) is 29.3. The highest BCUT2D eigenvalue weighted by atomic mass is 31.2. The van der Waals surface area contributed by atoms with Crippen LogP contribution < -0.4 is 31.5 Å². The summed E-state index contributed by atoms with van der Waals surface area (Å²) in [5, 5.41) is 23.0. The third kappa shape index (κ3) is 15.0. The van der Waals surface area contributed by atoms with Gasteiger partial charge >= 0.3 is 13.8 Å². The van der Waals surface area contributed by atoms with Crippen molar-refractivity contribution in [3.8, 4) is 5.75 Å². The molecule has 0 aliphatic rings. The lowest BCUT2D eigenvalue weighted by Gasteiger charge is -2.26. The van der Waals surface area contributed by atoms with Gasteiger partial charge in [0.25, 0.3) is 0 Å². The highest BCUT2D eigenvalue weighted by Gasteiger charge is 2.32. The van der Waals surface area contributed by atoms with Gasteiger partial charge in [0.1, 0.15) is 29.9 Å². The number of phosphoric acid groups is 1. The molecule has 0 bridgehead atoms. The molecule has 4 atom stereocenters. The molecule has 5 aromatic rings. The molecule has 0 fully saturated rings. The van der Waals surface area contributed by atoms with E-state index < -0.39 is 61.6 Å². The maximum atomic E-state index is 14.2. The normalized spacial score (nSPS) is 13.2. The van der Waals surface area contributed by atoms with Crippen molar-refractivity contribution in [3.63, 3.8) is 0 Å². The van der Waals surface area contributed by atoms with E-state index in [1.807, 2.05) is 72.8 Å². The van der Waals surface area contributed by atoms with Crippen LogP contribution in [0.2, 0.25) is 0 Å². The molecule has 16 heteroatoms. The van der Waals surface area contributed by atoms with E-state index in [4.69, 9.17) is 15.5 Å². The second-order valence-corrected chi connectivity index (χ2v) is 15.8. The fourth-order valence-electron chi connectivity index (χ4n) is 6.74. The van der Waals surface area contributed by atoms with Gasteiger partial charge in [0.2, 0.25) is 23.6 Å². The number of benzene rings is 5. The minimum absolute atomic E-state index is 0.00456. The van der Waals surface area contributed by atoms with Crippen molar-refractivity contribution >= 4 is 48.2 Å². The van der Waals surface area contributed by atoms with Gasteiger partial charge in [0, 0.05) is 19.3 Å². The van der Waals surface area contributed by atoms with Gasteiger partial charge in [-0.05, 0) is 71.0 Å². The van der Waals surface area contributed by atoms with Gasteiger partial charge in [-0.3, -0.25) is 29.0 Å². The largest absolute Gasteiger partial charge is 0.524 e. The summed E-state index contributed by atoms with van der Waals surface area (Å²) in [6.07, 6.45) is 0.964. The third-order valence-corrected chi connectivity index (χ3v) is 10.3. The van der Waals surface area contributed by atoms with Crippen LogP contribution in [0.3, 0.4) is 0 Å². The first-order valence-corrected chi connectivity index (χ1v) is 21.3. The number of rotatable bonds is 22. The van der Waals surface area contributed by atoms with Gasteiger partial charge in [-0.2, -0.15) is 0 Å². The molecule has 9 N–H and O–H groups in total. The minimum Gasteiger partial charge on any atom is -0.480 e. The van der Waals surface area contributed by atoms with Crippen LogP contribution in [0.1, 0.15) is 41.5 Å². The summed E-state index contributed by atoms with van der Waals surface area (Å²) in [4.78, 5) is 86.2. The molecule has 5 rings (SSSR count). The average molecular weight is 852 g/mol. The molecule has 320 valence electrons. The SMILES string of the molecule is NCCCCC(NC(=O)C(Cc1ccccc1)NC(=O)C(Cc1ccccc1)NC(=O)Cc1ccc2ccccc2c1)C(=O)NC(Cc1ccc(OP(=O)(O)O)cc1)C(=O)O. The van der Waals surface area contributed by atoms with Crippen molar-refractivity contribution in [3.05, 3.63) is 150 Å². The Hall–Kier alpha value is -6.38. The molecule has 4 amide bonds. The Bertz CT molecular complexity index is 2310. The fourth-order valence-corrected chi connectivity index (χ4v) is 7.13. The first-order valence-electron chi connectivity index (χ1n) is 19.8. The number of phosphoric ester groups is 1. The highest BCUT2D eigenvalue weighted by Crippen LogP contribution is 2.37. The molecule has 0 saturated carbocycles. The van der Waals surface area contributed by atoms with Gasteiger partial charge in [-0.15, -0.1) is 0 Å². The topological polar surface area (TPSA) is 246 Å². The van der Waals surface area contributed by atoms with E-state index in [0.717, 1.165) is 21.9 Å². The van der Waals surface area contributed by atoms with Crippen LogP contribution in [0.5, 0.6) is 5.75 Å². The van der Waals surface area contributed by atoms with Gasteiger partial charge in [-0.1, -0.05) is 115 Å². The van der Waals surface area contributed by atoms with Crippen LogP contribution in [0, 0.1) is 0 Å². The molecule has 0 aromatic heterocycles. The number of hydrogen-bond donors (Lipinski definition) is 8. The Morgan fingerprint density at radius 2 is 1.03 bits per heavy atom. The Morgan fingerprint density at radius 1 is 0.557 bits per heavy atom. The molecule has 5 aromatic carbocycles. The van der Waals surface area contributed by atoms with E-state index in [1.165, 1.54) is 24.3 Å². The molecular weight excluding hydrogens is 801 g/mol. The number of nitrogens with one attached hydrogen (secondary N) is 4. The number of carbonyl (C=O) groups excluding carboxylic acids is 4. The van der Waals surface area contributed by atoms with Crippen molar-refractivity contribution in [1.29, 1.82) is 0 Å². The quantitative estimate of drug-likeness (QED) is 0.0368. The van der Waals surface area contributed by atoms with Crippen LogP contribution in [-0.4, -0.2) is 75.2 Å². The lowest BCUT2D eigenvalue weighted by atomic mass is 10.0. The molecule has 0 spiro atoms. The Morgan fingerprint density at radius 3 is 1.61 bits per heavy atom. The summed E-state index contributed by atoms with van der Waals surface area (Å²) in [5.74, 6) is -4.02. The molecule has 0 aliphatic heterocycles.